The first kappa shape index (κ1) is 18.4. The van der Waals surface area contributed by atoms with Crippen molar-refractivity contribution in [3.05, 3.63) is 43.9 Å². The summed E-state index contributed by atoms with van der Waals surface area (Å²) in [6.45, 7) is 3.92. The molecule has 9 heteroatoms. The number of nitrogens with one attached hydrogen (secondary N) is 2. The summed E-state index contributed by atoms with van der Waals surface area (Å²) in [7, 11) is 0. The molecule has 0 saturated heterocycles. The fraction of sp³-hybridized carbons (Fsp3) is 0.222. The molecule has 0 bridgehead atoms. The van der Waals surface area contributed by atoms with Gasteiger partial charge < -0.3 is 10.1 Å². The van der Waals surface area contributed by atoms with E-state index >= 15 is 0 Å². The topological polar surface area (TPSA) is 113 Å². The predicted octanol–water partition coefficient (Wildman–Crippen LogP) is 0.893. The first-order valence-electron chi connectivity index (χ1n) is 8.30. The molecule has 2 aromatic heterocycles. The van der Waals surface area contributed by atoms with Crippen LogP contribution >= 0.6 is 11.3 Å². The first-order valence-corrected chi connectivity index (χ1v) is 9.12. The number of rotatable bonds is 5. The van der Waals surface area contributed by atoms with Crippen molar-refractivity contribution in [3.63, 3.8) is 0 Å². The molecule has 0 radical (unpaired) electrons. The van der Waals surface area contributed by atoms with Crippen LogP contribution in [0.4, 0.5) is 5.69 Å². The van der Waals surface area contributed by atoms with Crippen molar-refractivity contribution in [1.29, 1.82) is 5.26 Å². The van der Waals surface area contributed by atoms with Crippen LogP contribution in [0.3, 0.4) is 0 Å². The van der Waals surface area contributed by atoms with Crippen LogP contribution in [0.15, 0.2) is 29.2 Å². The fourth-order valence-corrected chi connectivity index (χ4v) is 3.69. The molecule has 0 fully saturated rings. The number of thiazole rings is 1. The van der Waals surface area contributed by atoms with Gasteiger partial charge in [-0.2, -0.15) is 10.4 Å². The van der Waals surface area contributed by atoms with Crippen molar-refractivity contribution >= 4 is 45.7 Å². The highest BCUT2D eigenvalue weighted by atomic mass is 32.1. The van der Waals surface area contributed by atoms with Crippen LogP contribution in [-0.2, 0) is 16.1 Å². The minimum absolute atomic E-state index is 0.153. The zero-order valence-corrected chi connectivity index (χ0v) is 15.6. The Kier molecular flexibility index (Phi) is 5.38. The molecule has 138 valence electrons. The van der Waals surface area contributed by atoms with Crippen LogP contribution < -0.4 is 20.1 Å². The maximum atomic E-state index is 12.7. The Hall–Kier alpha value is -3.38. The molecule has 8 nitrogen and oxygen atoms in total. The molecule has 0 atom stereocenters. The zero-order chi connectivity index (χ0) is 19.4. The Labute approximate surface area is 158 Å². The van der Waals surface area contributed by atoms with Gasteiger partial charge in [-0.25, -0.2) is 4.79 Å². The van der Waals surface area contributed by atoms with Crippen molar-refractivity contribution in [2.45, 2.75) is 20.4 Å². The Morgan fingerprint density at radius 1 is 1.48 bits per heavy atom. The number of esters is 1. The minimum Gasteiger partial charge on any atom is -0.462 e. The average molecular weight is 383 g/mol. The molecule has 0 saturated carbocycles. The molecule has 0 aliphatic heterocycles. The van der Waals surface area contributed by atoms with E-state index in [9.17, 15) is 14.9 Å². The van der Waals surface area contributed by atoms with Gasteiger partial charge in [0, 0.05) is 18.1 Å². The molecule has 0 aliphatic rings. The van der Waals surface area contributed by atoms with Gasteiger partial charge >= 0.3 is 5.97 Å². The van der Waals surface area contributed by atoms with Crippen LogP contribution in [0.1, 0.15) is 13.8 Å². The summed E-state index contributed by atoms with van der Waals surface area (Å²) in [5.41, 5.74) is 1.13. The largest absolute Gasteiger partial charge is 0.462 e. The van der Waals surface area contributed by atoms with Gasteiger partial charge in [-0.05, 0) is 19.9 Å². The second-order valence-electron chi connectivity index (χ2n) is 5.46. The number of fused-ring (bicyclic) bond motifs is 1. The number of anilines is 1. The number of hydrogen-bond acceptors (Lipinski definition) is 7. The SMILES string of the molecule is CCOC(=O)C(C#N)=c1sc(=CNc2cccc3cn[nH]c23)c(=O)n1CC. The lowest BCUT2D eigenvalue weighted by atomic mass is 10.2. The van der Waals surface area contributed by atoms with E-state index in [1.54, 1.807) is 26.2 Å². The van der Waals surface area contributed by atoms with Gasteiger partial charge in [0.2, 0.25) is 0 Å². The molecule has 3 aromatic rings. The number of para-hydroxylation sites is 1. The van der Waals surface area contributed by atoms with E-state index in [-0.39, 0.29) is 22.4 Å². The summed E-state index contributed by atoms with van der Waals surface area (Å²) < 4.78 is 6.98. The minimum atomic E-state index is -0.731. The number of nitrogens with zero attached hydrogens (tertiary/aromatic N) is 3. The average Bonchev–Trinajstić information content (AvgIpc) is 3.26. The van der Waals surface area contributed by atoms with Crippen LogP contribution in [0.2, 0.25) is 0 Å². The molecule has 3 rings (SSSR count). The van der Waals surface area contributed by atoms with Crippen LogP contribution in [-0.4, -0.2) is 27.3 Å². The number of aromatic amines is 1. The fourth-order valence-electron chi connectivity index (χ4n) is 2.61. The predicted molar refractivity (Wildman–Crippen MR) is 103 cm³/mol. The van der Waals surface area contributed by atoms with E-state index in [0.717, 1.165) is 27.9 Å². The van der Waals surface area contributed by atoms with Crippen molar-refractivity contribution in [2.75, 3.05) is 11.9 Å². The Balaban J connectivity index is 2.13. The van der Waals surface area contributed by atoms with Gasteiger partial charge in [-0.1, -0.05) is 12.1 Å². The van der Waals surface area contributed by atoms with E-state index in [1.165, 1.54) is 4.57 Å². The lowest BCUT2D eigenvalue weighted by Gasteiger charge is -2.00. The lowest BCUT2D eigenvalue weighted by molar-refractivity contribution is -0.136. The molecule has 0 unspecified atom stereocenters. The van der Waals surface area contributed by atoms with E-state index in [2.05, 4.69) is 15.5 Å². The van der Waals surface area contributed by atoms with E-state index in [0.29, 0.717) is 11.1 Å². The number of ether oxygens (including phenoxy) is 1. The van der Waals surface area contributed by atoms with Crippen molar-refractivity contribution in [1.82, 2.24) is 14.8 Å². The van der Waals surface area contributed by atoms with Gasteiger partial charge in [0.25, 0.3) is 5.56 Å². The highest BCUT2D eigenvalue weighted by Crippen LogP contribution is 2.20. The third-order valence-corrected chi connectivity index (χ3v) is 4.99. The summed E-state index contributed by atoms with van der Waals surface area (Å²) in [6, 6.07) is 7.51. The molecular formula is C18H17N5O3S. The van der Waals surface area contributed by atoms with E-state index in [4.69, 9.17) is 4.74 Å². The molecule has 0 amide bonds. The van der Waals surface area contributed by atoms with Gasteiger partial charge in [0.1, 0.15) is 15.3 Å². The number of carbonyl (C=O) groups excluding carboxylic acids is 1. The third kappa shape index (κ3) is 3.47. The Bertz CT molecular complexity index is 1210. The van der Waals surface area contributed by atoms with Crippen molar-refractivity contribution < 1.29 is 9.53 Å². The van der Waals surface area contributed by atoms with Gasteiger partial charge in [-0.15, -0.1) is 11.3 Å². The molecule has 1 aromatic carbocycles. The number of H-pyrrole nitrogens is 1. The molecule has 0 aliphatic carbocycles. The second kappa shape index (κ2) is 7.88. The maximum Gasteiger partial charge on any atom is 0.351 e. The van der Waals surface area contributed by atoms with Crippen molar-refractivity contribution in [3.8, 4) is 6.07 Å². The monoisotopic (exact) mass is 383 g/mol. The van der Waals surface area contributed by atoms with E-state index < -0.39 is 5.97 Å². The summed E-state index contributed by atoms with van der Waals surface area (Å²) in [6.07, 6.45) is 3.28. The smallest absolute Gasteiger partial charge is 0.351 e. The van der Waals surface area contributed by atoms with Crippen LogP contribution in [0, 0.1) is 11.3 Å². The van der Waals surface area contributed by atoms with Crippen molar-refractivity contribution in [2.24, 2.45) is 0 Å². The molecule has 0 spiro atoms. The Morgan fingerprint density at radius 3 is 3.00 bits per heavy atom. The second-order valence-corrected chi connectivity index (χ2v) is 6.49. The van der Waals surface area contributed by atoms with Gasteiger partial charge in [0.15, 0.2) is 5.57 Å². The van der Waals surface area contributed by atoms with Crippen LogP contribution in [0.5, 0.6) is 0 Å². The molecule has 2 heterocycles. The van der Waals surface area contributed by atoms with E-state index in [1.807, 2.05) is 24.3 Å². The number of benzene rings is 1. The maximum absolute atomic E-state index is 12.7. The third-order valence-electron chi connectivity index (χ3n) is 3.86. The normalized spacial score (nSPS) is 12.7. The first-order chi connectivity index (χ1) is 13.1. The standard InChI is InChI=1S/C18H17N5O3S/c1-3-23-16(24)14(27-17(23)12(8-19)18(25)26-4-2)10-20-13-7-5-6-11-9-21-22-15(11)13/h5-7,9-10,20H,3-4H2,1-2H3,(H,21,22). The van der Waals surface area contributed by atoms with Crippen LogP contribution in [0.25, 0.3) is 22.7 Å². The molecular weight excluding hydrogens is 366 g/mol. The highest BCUT2D eigenvalue weighted by Gasteiger charge is 2.16. The highest BCUT2D eigenvalue weighted by molar-refractivity contribution is 7.07. The summed E-state index contributed by atoms with van der Waals surface area (Å²) in [4.78, 5) is 24.7. The van der Waals surface area contributed by atoms with Gasteiger partial charge in [0.05, 0.1) is 24.0 Å². The number of hydrogen-bond donors (Lipinski definition) is 2. The molecule has 27 heavy (non-hydrogen) atoms. The zero-order valence-electron chi connectivity index (χ0n) is 14.8. The molecule has 2 N–H and O–H groups in total. The number of aromatic nitrogens is 3. The number of nitriles is 1. The summed E-state index contributed by atoms with van der Waals surface area (Å²) in [5.74, 6) is -0.731. The van der Waals surface area contributed by atoms with Gasteiger partial charge in [-0.3, -0.25) is 14.5 Å². The quantitative estimate of drug-likeness (QED) is 0.633. The lowest BCUT2D eigenvalue weighted by Crippen LogP contribution is -2.32. The Morgan fingerprint density at radius 2 is 2.30 bits per heavy atom. The summed E-state index contributed by atoms with van der Waals surface area (Å²) in [5, 5.41) is 20.3. The number of carbonyl (C=O) groups is 1. The summed E-state index contributed by atoms with van der Waals surface area (Å²) >= 11 is 1.07.